The molecule has 1 N–H and O–H groups in total. The SMILES string of the molecule is C=C(CC)CC(C)CCNC. The van der Waals surface area contributed by atoms with Crippen molar-refractivity contribution in [2.24, 2.45) is 5.92 Å². The van der Waals surface area contributed by atoms with Crippen molar-refractivity contribution in [2.75, 3.05) is 13.6 Å². The summed E-state index contributed by atoms with van der Waals surface area (Å²) in [6, 6.07) is 0. The Kier molecular flexibility index (Phi) is 6.24. The van der Waals surface area contributed by atoms with Crippen molar-refractivity contribution in [2.45, 2.75) is 33.1 Å². The first-order chi connectivity index (χ1) is 5.20. The zero-order valence-corrected chi connectivity index (χ0v) is 8.11. The van der Waals surface area contributed by atoms with Gasteiger partial charge in [-0.2, -0.15) is 0 Å². The predicted molar refractivity (Wildman–Crippen MR) is 51.8 cm³/mol. The minimum Gasteiger partial charge on any atom is -0.320 e. The molecule has 1 nitrogen and oxygen atoms in total. The quantitative estimate of drug-likeness (QED) is 0.581. The third-order valence-electron chi connectivity index (χ3n) is 2.02. The number of nitrogens with one attached hydrogen (secondary N) is 1. The van der Waals surface area contributed by atoms with Gasteiger partial charge in [-0.25, -0.2) is 0 Å². The van der Waals surface area contributed by atoms with Gasteiger partial charge in [0.2, 0.25) is 0 Å². The van der Waals surface area contributed by atoms with Crippen LogP contribution in [0.4, 0.5) is 0 Å². The second-order valence-electron chi connectivity index (χ2n) is 3.31. The molecule has 0 amide bonds. The van der Waals surface area contributed by atoms with Crippen LogP contribution in [0, 0.1) is 5.92 Å². The van der Waals surface area contributed by atoms with Crippen LogP contribution in [0.3, 0.4) is 0 Å². The van der Waals surface area contributed by atoms with E-state index in [1.165, 1.54) is 18.4 Å². The van der Waals surface area contributed by atoms with Crippen LogP contribution in [0.5, 0.6) is 0 Å². The fraction of sp³-hybridized carbons (Fsp3) is 0.800. The van der Waals surface area contributed by atoms with Gasteiger partial charge in [0.1, 0.15) is 0 Å². The monoisotopic (exact) mass is 155 g/mol. The molecule has 0 rings (SSSR count). The van der Waals surface area contributed by atoms with Crippen LogP contribution >= 0.6 is 0 Å². The molecule has 1 unspecified atom stereocenters. The average Bonchev–Trinajstić information content (AvgIpc) is 2.00. The summed E-state index contributed by atoms with van der Waals surface area (Å²) in [6.45, 7) is 9.59. The van der Waals surface area contributed by atoms with Crippen LogP contribution in [0.15, 0.2) is 12.2 Å². The molecule has 0 saturated heterocycles. The Hall–Kier alpha value is -0.300. The summed E-state index contributed by atoms with van der Waals surface area (Å²) in [5, 5.41) is 3.16. The van der Waals surface area contributed by atoms with E-state index in [0.717, 1.165) is 18.9 Å². The van der Waals surface area contributed by atoms with E-state index >= 15 is 0 Å². The predicted octanol–water partition coefficient (Wildman–Crippen LogP) is 2.59. The second-order valence-corrected chi connectivity index (χ2v) is 3.31. The van der Waals surface area contributed by atoms with E-state index in [9.17, 15) is 0 Å². The van der Waals surface area contributed by atoms with Crippen LogP contribution in [-0.4, -0.2) is 13.6 Å². The lowest BCUT2D eigenvalue weighted by Crippen LogP contribution is -2.11. The van der Waals surface area contributed by atoms with Crippen molar-refractivity contribution in [3.8, 4) is 0 Å². The molecular formula is C10H21N. The first-order valence-corrected chi connectivity index (χ1v) is 4.52. The third-order valence-corrected chi connectivity index (χ3v) is 2.02. The highest BCUT2D eigenvalue weighted by atomic mass is 14.8. The second kappa shape index (κ2) is 6.41. The molecule has 1 atom stereocenters. The van der Waals surface area contributed by atoms with Crippen molar-refractivity contribution in [1.29, 1.82) is 0 Å². The molecule has 0 radical (unpaired) electrons. The summed E-state index contributed by atoms with van der Waals surface area (Å²) in [6.07, 6.45) is 3.58. The molecule has 0 spiro atoms. The lowest BCUT2D eigenvalue weighted by Gasteiger charge is -2.11. The van der Waals surface area contributed by atoms with E-state index in [-0.39, 0.29) is 0 Å². The zero-order valence-electron chi connectivity index (χ0n) is 8.11. The Balaban J connectivity index is 3.35. The first-order valence-electron chi connectivity index (χ1n) is 4.52. The summed E-state index contributed by atoms with van der Waals surface area (Å²) < 4.78 is 0. The van der Waals surface area contributed by atoms with Gasteiger partial charge in [0.05, 0.1) is 0 Å². The molecule has 0 aromatic heterocycles. The van der Waals surface area contributed by atoms with Crippen molar-refractivity contribution in [1.82, 2.24) is 5.32 Å². The average molecular weight is 155 g/mol. The normalized spacial score (nSPS) is 13.0. The van der Waals surface area contributed by atoms with E-state index in [1.54, 1.807) is 0 Å². The maximum atomic E-state index is 4.00. The van der Waals surface area contributed by atoms with Gasteiger partial charge in [-0.15, -0.1) is 0 Å². The molecule has 0 aliphatic rings. The lowest BCUT2D eigenvalue weighted by molar-refractivity contribution is 0.509. The van der Waals surface area contributed by atoms with Crippen molar-refractivity contribution >= 4 is 0 Å². The summed E-state index contributed by atoms with van der Waals surface area (Å²) in [4.78, 5) is 0. The van der Waals surface area contributed by atoms with Crippen LogP contribution in [0.1, 0.15) is 33.1 Å². The Morgan fingerprint density at radius 1 is 1.55 bits per heavy atom. The molecule has 0 bridgehead atoms. The zero-order chi connectivity index (χ0) is 8.69. The van der Waals surface area contributed by atoms with E-state index in [1.807, 2.05) is 7.05 Å². The van der Waals surface area contributed by atoms with E-state index < -0.39 is 0 Å². The Bertz CT molecular complexity index is 107. The molecule has 0 aromatic carbocycles. The molecule has 0 aromatic rings. The minimum atomic E-state index is 0.787. The summed E-state index contributed by atoms with van der Waals surface area (Å²) in [5.41, 5.74) is 1.38. The van der Waals surface area contributed by atoms with Gasteiger partial charge in [0.25, 0.3) is 0 Å². The third kappa shape index (κ3) is 6.11. The van der Waals surface area contributed by atoms with E-state index in [0.29, 0.717) is 0 Å². The summed E-state index contributed by atoms with van der Waals surface area (Å²) in [5.74, 6) is 0.787. The standard InChI is InChI=1S/C10H21N/c1-5-9(2)8-10(3)6-7-11-4/h10-11H,2,5-8H2,1,3-4H3. The van der Waals surface area contributed by atoms with Gasteiger partial charge >= 0.3 is 0 Å². The molecule has 11 heavy (non-hydrogen) atoms. The Morgan fingerprint density at radius 2 is 2.18 bits per heavy atom. The topological polar surface area (TPSA) is 12.0 Å². The van der Waals surface area contributed by atoms with E-state index in [2.05, 4.69) is 25.7 Å². The maximum Gasteiger partial charge on any atom is -0.00493 e. The minimum absolute atomic E-state index is 0.787. The van der Waals surface area contributed by atoms with Crippen molar-refractivity contribution in [3.63, 3.8) is 0 Å². The summed E-state index contributed by atoms with van der Waals surface area (Å²) >= 11 is 0. The number of allylic oxidation sites excluding steroid dienone is 1. The van der Waals surface area contributed by atoms with Gasteiger partial charge in [0.15, 0.2) is 0 Å². The van der Waals surface area contributed by atoms with Gasteiger partial charge in [-0.05, 0) is 38.8 Å². The van der Waals surface area contributed by atoms with Crippen LogP contribution < -0.4 is 5.32 Å². The van der Waals surface area contributed by atoms with Gasteiger partial charge in [-0.1, -0.05) is 26.0 Å². The lowest BCUT2D eigenvalue weighted by atomic mass is 9.98. The van der Waals surface area contributed by atoms with Crippen LogP contribution in [0.25, 0.3) is 0 Å². The van der Waals surface area contributed by atoms with Crippen molar-refractivity contribution < 1.29 is 0 Å². The largest absolute Gasteiger partial charge is 0.320 e. The molecular weight excluding hydrogens is 134 g/mol. The molecule has 0 aliphatic heterocycles. The molecule has 0 aliphatic carbocycles. The number of rotatable bonds is 6. The smallest absolute Gasteiger partial charge is 0.00493 e. The van der Waals surface area contributed by atoms with Crippen LogP contribution in [-0.2, 0) is 0 Å². The fourth-order valence-electron chi connectivity index (χ4n) is 1.13. The van der Waals surface area contributed by atoms with Gasteiger partial charge in [-0.3, -0.25) is 0 Å². The Morgan fingerprint density at radius 3 is 2.64 bits per heavy atom. The fourth-order valence-corrected chi connectivity index (χ4v) is 1.13. The highest BCUT2D eigenvalue weighted by molar-refractivity contribution is 4.93. The molecule has 0 fully saturated rings. The molecule has 0 heterocycles. The molecule has 66 valence electrons. The summed E-state index contributed by atoms with van der Waals surface area (Å²) in [7, 11) is 2.00. The highest BCUT2D eigenvalue weighted by Gasteiger charge is 2.01. The Labute approximate surface area is 70.9 Å². The van der Waals surface area contributed by atoms with Gasteiger partial charge < -0.3 is 5.32 Å². The molecule has 1 heteroatoms. The number of hydrogen-bond donors (Lipinski definition) is 1. The first kappa shape index (κ1) is 10.7. The van der Waals surface area contributed by atoms with Crippen LogP contribution in [0.2, 0.25) is 0 Å². The highest BCUT2D eigenvalue weighted by Crippen LogP contribution is 2.14. The maximum absolute atomic E-state index is 4.00. The van der Waals surface area contributed by atoms with E-state index in [4.69, 9.17) is 0 Å². The molecule has 0 saturated carbocycles. The van der Waals surface area contributed by atoms with Gasteiger partial charge in [0, 0.05) is 0 Å². The number of hydrogen-bond acceptors (Lipinski definition) is 1. The van der Waals surface area contributed by atoms with Crippen molar-refractivity contribution in [3.05, 3.63) is 12.2 Å².